The maximum absolute atomic E-state index is 13.8. The molecule has 13 heteroatoms. The molecule has 0 spiro atoms. The second-order valence-corrected chi connectivity index (χ2v) is 8.10. The second kappa shape index (κ2) is 8.06. The lowest BCUT2D eigenvalue weighted by Gasteiger charge is -2.28. The highest BCUT2D eigenvalue weighted by molar-refractivity contribution is 5.94. The zero-order valence-electron chi connectivity index (χ0n) is 17.8. The minimum atomic E-state index is -4.61. The summed E-state index contributed by atoms with van der Waals surface area (Å²) in [6, 6.07) is 3.79. The van der Waals surface area contributed by atoms with Crippen LogP contribution in [0.15, 0.2) is 24.5 Å². The Balaban J connectivity index is 1.54. The van der Waals surface area contributed by atoms with Crippen LogP contribution in [0.25, 0.3) is 33.8 Å². The second-order valence-electron chi connectivity index (χ2n) is 8.10. The van der Waals surface area contributed by atoms with E-state index in [1.54, 1.807) is 19.2 Å². The Morgan fingerprint density at radius 3 is 2.73 bits per heavy atom. The number of tetrazole rings is 1. The van der Waals surface area contributed by atoms with Crippen molar-refractivity contribution in [3.63, 3.8) is 0 Å². The number of aromatic nitrogens is 8. The number of anilines is 1. The number of halogens is 3. The molecule has 0 bridgehead atoms. The fraction of sp³-hybridized carbons (Fsp3) is 0.400. The third-order valence-corrected chi connectivity index (χ3v) is 5.73. The van der Waals surface area contributed by atoms with E-state index in [1.165, 1.54) is 10.9 Å². The number of pyridine rings is 1. The Hall–Kier alpha value is -3.61. The molecule has 1 aliphatic heterocycles. The SMILES string of the molecule is C[C@@H]1CC[C@@H](Nc2ncc(C(F)(F)F)c(-c3c[nH]c4nc(-c5nnnn5C)ccc34)n2)CN1. The molecule has 0 aliphatic carbocycles. The van der Waals surface area contributed by atoms with E-state index in [0.717, 1.165) is 19.0 Å². The summed E-state index contributed by atoms with van der Waals surface area (Å²) in [6.45, 7) is 2.79. The number of aryl methyl sites for hydroxylation is 1. The first kappa shape index (κ1) is 21.2. The van der Waals surface area contributed by atoms with E-state index in [4.69, 9.17) is 0 Å². The highest BCUT2D eigenvalue weighted by Gasteiger charge is 2.36. The maximum atomic E-state index is 13.8. The van der Waals surface area contributed by atoms with Crippen LogP contribution in [0.2, 0.25) is 0 Å². The Bertz CT molecular complexity index is 1290. The van der Waals surface area contributed by atoms with Crippen molar-refractivity contribution < 1.29 is 13.2 Å². The standard InChI is InChI=1S/C20H21F3N10/c1-10-3-4-11(7-24-10)27-19-26-9-14(20(21,22)23)16(29-19)13-8-25-17-12(13)5-6-15(28-17)18-30-31-32-33(18)2/h5-6,8-11,24H,3-4,7H2,1-2H3,(H,25,28)(H,26,27,29)/t10-,11-/m1/s1. The first-order valence-electron chi connectivity index (χ1n) is 10.4. The van der Waals surface area contributed by atoms with Gasteiger partial charge in [-0.05, 0) is 42.3 Å². The summed E-state index contributed by atoms with van der Waals surface area (Å²) < 4.78 is 42.9. The molecule has 1 saturated heterocycles. The number of nitrogens with one attached hydrogen (secondary N) is 3. The van der Waals surface area contributed by atoms with Crippen molar-refractivity contribution in [1.29, 1.82) is 0 Å². The summed E-state index contributed by atoms with van der Waals surface area (Å²) in [5.41, 5.74) is 0.0539. The van der Waals surface area contributed by atoms with Gasteiger partial charge in [0.15, 0.2) is 5.82 Å². The van der Waals surface area contributed by atoms with Crippen molar-refractivity contribution in [2.45, 2.75) is 38.0 Å². The molecule has 0 aromatic carbocycles. The van der Waals surface area contributed by atoms with Crippen molar-refractivity contribution >= 4 is 17.0 Å². The normalized spacial score (nSPS) is 19.2. The van der Waals surface area contributed by atoms with Crippen LogP contribution in [0.5, 0.6) is 0 Å². The van der Waals surface area contributed by atoms with Gasteiger partial charge in [0.05, 0.1) is 5.69 Å². The van der Waals surface area contributed by atoms with Crippen molar-refractivity contribution in [2.24, 2.45) is 7.05 Å². The molecule has 0 radical (unpaired) electrons. The van der Waals surface area contributed by atoms with Crippen LogP contribution in [-0.2, 0) is 13.2 Å². The van der Waals surface area contributed by atoms with Gasteiger partial charge in [-0.2, -0.15) is 13.2 Å². The molecule has 1 aliphatic rings. The lowest BCUT2D eigenvalue weighted by atomic mass is 10.0. The number of alkyl halides is 3. The van der Waals surface area contributed by atoms with Crippen LogP contribution < -0.4 is 10.6 Å². The summed E-state index contributed by atoms with van der Waals surface area (Å²) in [5.74, 6) is 0.594. The molecule has 5 rings (SSSR count). The molecule has 4 aromatic heterocycles. The molecule has 0 unspecified atom stereocenters. The molecule has 1 fully saturated rings. The van der Waals surface area contributed by atoms with E-state index < -0.39 is 11.7 Å². The summed E-state index contributed by atoms with van der Waals surface area (Å²) in [4.78, 5) is 15.6. The third kappa shape index (κ3) is 4.11. The molecule has 0 saturated carbocycles. The van der Waals surface area contributed by atoms with E-state index >= 15 is 0 Å². The number of hydrogen-bond acceptors (Lipinski definition) is 8. The molecule has 5 heterocycles. The van der Waals surface area contributed by atoms with E-state index in [-0.39, 0.29) is 23.2 Å². The summed E-state index contributed by atoms with van der Waals surface area (Å²) in [5, 5.41) is 18.3. The van der Waals surface area contributed by atoms with Crippen LogP contribution in [0.4, 0.5) is 19.1 Å². The lowest BCUT2D eigenvalue weighted by molar-refractivity contribution is -0.137. The Morgan fingerprint density at radius 2 is 2.03 bits per heavy atom. The van der Waals surface area contributed by atoms with E-state index in [2.05, 4.69) is 53.0 Å². The lowest BCUT2D eigenvalue weighted by Crippen LogP contribution is -2.43. The average Bonchev–Trinajstić information content (AvgIpc) is 3.40. The fourth-order valence-electron chi connectivity index (χ4n) is 3.94. The summed E-state index contributed by atoms with van der Waals surface area (Å²) >= 11 is 0. The Labute approximate surface area is 186 Å². The zero-order chi connectivity index (χ0) is 23.2. The van der Waals surface area contributed by atoms with Gasteiger partial charge in [0.2, 0.25) is 5.95 Å². The van der Waals surface area contributed by atoms with Gasteiger partial charge < -0.3 is 15.6 Å². The monoisotopic (exact) mass is 458 g/mol. The van der Waals surface area contributed by atoms with Crippen molar-refractivity contribution in [2.75, 3.05) is 11.9 Å². The third-order valence-electron chi connectivity index (χ3n) is 5.73. The minimum Gasteiger partial charge on any atom is -0.350 e. The van der Waals surface area contributed by atoms with Crippen molar-refractivity contribution in [3.05, 3.63) is 30.1 Å². The number of rotatable bonds is 4. The van der Waals surface area contributed by atoms with E-state index in [1.807, 2.05) is 0 Å². The first-order chi connectivity index (χ1) is 15.8. The molecule has 4 aromatic rings. The molecule has 0 amide bonds. The number of H-pyrrole nitrogens is 1. The number of nitrogens with zero attached hydrogens (tertiary/aromatic N) is 7. The van der Waals surface area contributed by atoms with Gasteiger partial charge >= 0.3 is 6.18 Å². The van der Waals surface area contributed by atoms with Crippen molar-refractivity contribution in [3.8, 4) is 22.8 Å². The highest BCUT2D eigenvalue weighted by Crippen LogP contribution is 2.38. The van der Waals surface area contributed by atoms with Gasteiger partial charge in [-0.3, -0.25) is 0 Å². The highest BCUT2D eigenvalue weighted by atomic mass is 19.4. The number of piperidine rings is 1. The number of hydrogen-bond donors (Lipinski definition) is 3. The largest absolute Gasteiger partial charge is 0.419 e. The van der Waals surface area contributed by atoms with Gasteiger partial charge in [0.1, 0.15) is 16.9 Å². The molecule has 2 atom stereocenters. The smallest absolute Gasteiger partial charge is 0.350 e. The molecular formula is C20H21F3N10. The van der Waals surface area contributed by atoms with Crippen LogP contribution in [0, 0.1) is 0 Å². The summed E-state index contributed by atoms with van der Waals surface area (Å²) in [6.07, 6.45) is -0.471. The van der Waals surface area contributed by atoms with Gasteiger partial charge in [0.25, 0.3) is 0 Å². The van der Waals surface area contributed by atoms with E-state index in [9.17, 15) is 13.2 Å². The molecule has 10 nitrogen and oxygen atoms in total. The van der Waals surface area contributed by atoms with Crippen molar-refractivity contribution in [1.82, 2.24) is 45.5 Å². The van der Waals surface area contributed by atoms with Crippen LogP contribution in [-0.4, -0.2) is 58.8 Å². The van der Waals surface area contributed by atoms with Crippen LogP contribution in [0.1, 0.15) is 25.3 Å². The van der Waals surface area contributed by atoms with Gasteiger partial charge in [-0.15, -0.1) is 5.10 Å². The fourth-order valence-corrected chi connectivity index (χ4v) is 3.94. The zero-order valence-corrected chi connectivity index (χ0v) is 17.8. The van der Waals surface area contributed by atoms with Crippen LogP contribution >= 0.6 is 0 Å². The van der Waals surface area contributed by atoms with Gasteiger partial charge in [-0.1, -0.05) is 0 Å². The maximum Gasteiger partial charge on any atom is 0.419 e. The molecule has 3 N–H and O–H groups in total. The van der Waals surface area contributed by atoms with Crippen LogP contribution in [0.3, 0.4) is 0 Å². The average molecular weight is 458 g/mol. The topological polar surface area (TPSA) is 122 Å². The first-order valence-corrected chi connectivity index (χ1v) is 10.4. The Morgan fingerprint density at radius 1 is 1.18 bits per heavy atom. The van der Waals surface area contributed by atoms with E-state index in [0.29, 0.717) is 35.1 Å². The number of aromatic amines is 1. The molecular weight excluding hydrogens is 437 g/mol. The van der Waals surface area contributed by atoms with Gasteiger partial charge in [-0.25, -0.2) is 19.6 Å². The quantitative estimate of drug-likeness (QED) is 0.427. The Kier molecular flexibility index (Phi) is 5.19. The molecule has 172 valence electrons. The predicted octanol–water partition coefficient (Wildman–Crippen LogP) is 2.78. The predicted molar refractivity (Wildman–Crippen MR) is 114 cm³/mol. The molecule has 33 heavy (non-hydrogen) atoms. The van der Waals surface area contributed by atoms with Gasteiger partial charge in [0, 0.05) is 49.0 Å². The summed E-state index contributed by atoms with van der Waals surface area (Å²) in [7, 11) is 1.68. The minimum absolute atomic E-state index is 0.0398. The number of fused-ring (bicyclic) bond motifs is 1.